The Hall–Kier alpha value is -0.650. The number of β-amino-alcohol motifs (C(OH)–C–C–N with tert-alkyl or cyclic N) is 1. The zero-order chi connectivity index (χ0) is 8.55. The Morgan fingerprint density at radius 2 is 2.42 bits per heavy atom. The molecule has 1 N–H and O–H groups in total. The largest absolute Gasteiger partial charge is 0.464 e. The molecule has 1 unspecified atom stereocenters. The minimum Gasteiger partial charge on any atom is -0.464 e. The highest BCUT2D eigenvalue weighted by Gasteiger charge is 2.37. The van der Waals surface area contributed by atoms with Crippen molar-refractivity contribution in [2.45, 2.75) is 18.6 Å². The SMILES string of the molecule is O=C1OCCC1N1C[C@@H](O)CO1. The molecule has 2 aliphatic rings. The lowest BCUT2D eigenvalue weighted by Crippen LogP contribution is -2.36. The lowest BCUT2D eigenvalue weighted by Gasteiger charge is -2.17. The van der Waals surface area contributed by atoms with Crippen LogP contribution in [0.15, 0.2) is 0 Å². The van der Waals surface area contributed by atoms with Gasteiger partial charge >= 0.3 is 5.97 Å². The fourth-order valence-electron chi connectivity index (χ4n) is 1.46. The van der Waals surface area contributed by atoms with Gasteiger partial charge in [-0.15, -0.1) is 0 Å². The average Bonchev–Trinajstić information content (AvgIpc) is 2.58. The monoisotopic (exact) mass is 173 g/mol. The Morgan fingerprint density at radius 3 is 2.92 bits per heavy atom. The van der Waals surface area contributed by atoms with Gasteiger partial charge in [0.05, 0.1) is 25.9 Å². The van der Waals surface area contributed by atoms with Gasteiger partial charge in [-0.05, 0) is 0 Å². The van der Waals surface area contributed by atoms with Crippen LogP contribution < -0.4 is 0 Å². The van der Waals surface area contributed by atoms with Crippen molar-refractivity contribution in [3.63, 3.8) is 0 Å². The van der Waals surface area contributed by atoms with Gasteiger partial charge in [-0.1, -0.05) is 0 Å². The van der Waals surface area contributed by atoms with Crippen LogP contribution in [0.4, 0.5) is 0 Å². The summed E-state index contributed by atoms with van der Waals surface area (Å²) in [5.74, 6) is -0.246. The van der Waals surface area contributed by atoms with E-state index in [4.69, 9.17) is 14.7 Å². The third kappa shape index (κ3) is 1.31. The summed E-state index contributed by atoms with van der Waals surface area (Å²) in [5, 5.41) is 10.6. The van der Waals surface area contributed by atoms with E-state index in [2.05, 4.69) is 0 Å². The van der Waals surface area contributed by atoms with Gasteiger partial charge in [0.25, 0.3) is 0 Å². The summed E-state index contributed by atoms with van der Waals surface area (Å²) in [4.78, 5) is 16.1. The molecule has 2 rings (SSSR count). The number of ether oxygens (including phenoxy) is 1. The van der Waals surface area contributed by atoms with Crippen molar-refractivity contribution < 1.29 is 19.5 Å². The van der Waals surface area contributed by atoms with Crippen LogP contribution in [0.25, 0.3) is 0 Å². The standard InChI is InChI=1S/C7H11NO4/c9-5-3-8(12-4-5)6-1-2-11-7(6)10/h5-6,9H,1-4H2/t5-,6?/m1/s1. The topological polar surface area (TPSA) is 59.0 Å². The molecule has 2 atom stereocenters. The molecule has 0 amide bonds. The van der Waals surface area contributed by atoms with E-state index in [1.807, 2.05) is 0 Å². The number of hydrogen-bond donors (Lipinski definition) is 1. The molecule has 0 aromatic heterocycles. The van der Waals surface area contributed by atoms with Crippen LogP contribution in [0.2, 0.25) is 0 Å². The molecule has 12 heavy (non-hydrogen) atoms. The second-order valence-electron chi connectivity index (χ2n) is 3.02. The number of rotatable bonds is 1. The van der Waals surface area contributed by atoms with Gasteiger partial charge < -0.3 is 9.84 Å². The van der Waals surface area contributed by atoms with E-state index in [-0.39, 0.29) is 18.6 Å². The van der Waals surface area contributed by atoms with Crippen LogP contribution in [0.1, 0.15) is 6.42 Å². The Balaban J connectivity index is 1.96. The number of carbonyl (C=O) groups is 1. The Kier molecular flexibility index (Phi) is 2.00. The number of esters is 1. The van der Waals surface area contributed by atoms with Crippen molar-refractivity contribution in [1.29, 1.82) is 0 Å². The van der Waals surface area contributed by atoms with E-state index in [0.29, 0.717) is 19.6 Å². The molecular formula is C7H11NO4. The molecule has 2 saturated heterocycles. The summed E-state index contributed by atoms with van der Waals surface area (Å²) in [6, 6.07) is -0.304. The van der Waals surface area contributed by atoms with Crippen molar-refractivity contribution in [2.24, 2.45) is 0 Å². The van der Waals surface area contributed by atoms with Gasteiger partial charge in [-0.3, -0.25) is 9.63 Å². The van der Waals surface area contributed by atoms with E-state index >= 15 is 0 Å². The average molecular weight is 173 g/mol. The molecule has 68 valence electrons. The highest BCUT2D eigenvalue weighted by Crippen LogP contribution is 2.18. The Morgan fingerprint density at radius 1 is 1.58 bits per heavy atom. The molecule has 0 saturated carbocycles. The molecule has 5 nitrogen and oxygen atoms in total. The van der Waals surface area contributed by atoms with Gasteiger partial charge in [0.15, 0.2) is 0 Å². The Bertz CT molecular complexity index is 196. The van der Waals surface area contributed by atoms with Crippen LogP contribution >= 0.6 is 0 Å². The van der Waals surface area contributed by atoms with Crippen LogP contribution in [0, 0.1) is 0 Å². The van der Waals surface area contributed by atoms with Crippen LogP contribution in [0.5, 0.6) is 0 Å². The first kappa shape index (κ1) is 7.97. The molecule has 0 radical (unpaired) electrons. The predicted molar refractivity (Wildman–Crippen MR) is 38.0 cm³/mol. The fourth-order valence-corrected chi connectivity index (χ4v) is 1.46. The summed E-state index contributed by atoms with van der Waals surface area (Å²) in [6.45, 7) is 1.14. The number of cyclic esters (lactones) is 1. The normalized spacial score (nSPS) is 37.2. The quantitative estimate of drug-likeness (QED) is 0.510. The van der Waals surface area contributed by atoms with E-state index < -0.39 is 6.10 Å². The van der Waals surface area contributed by atoms with E-state index in [1.54, 1.807) is 0 Å². The zero-order valence-electron chi connectivity index (χ0n) is 6.60. The summed E-state index contributed by atoms with van der Waals surface area (Å²) in [6.07, 6.45) is 0.185. The van der Waals surface area contributed by atoms with Gasteiger partial charge in [0.1, 0.15) is 6.04 Å². The minimum atomic E-state index is -0.474. The minimum absolute atomic E-state index is 0.246. The highest BCUT2D eigenvalue weighted by molar-refractivity contribution is 5.77. The molecule has 2 heterocycles. The molecular weight excluding hydrogens is 162 g/mol. The Labute approximate surface area is 69.8 Å². The highest BCUT2D eigenvalue weighted by atomic mass is 16.7. The number of hydroxylamine groups is 2. The molecule has 5 heteroatoms. The number of carbonyl (C=O) groups excluding carboxylic acids is 1. The van der Waals surface area contributed by atoms with Crippen molar-refractivity contribution in [1.82, 2.24) is 5.06 Å². The van der Waals surface area contributed by atoms with Gasteiger partial charge in [-0.25, -0.2) is 0 Å². The van der Waals surface area contributed by atoms with Crippen molar-refractivity contribution in [2.75, 3.05) is 19.8 Å². The second-order valence-corrected chi connectivity index (χ2v) is 3.02. The predicted octanol–water partition coefficient (Wildman–Crippen LogP) is -1.09. The summed E-state index contributed by atoms with van der Waals surface area (Å²) in [7, 11) is 0. The molecule has 0 bridgehead atoms. The van der Waals surface area contributed by atoms with Crippen molar-refractivity contribution in [3.05, 3.63) is 0 Å². The number of aliphatic hydroxyl groups excluding tert-OH is 1. The van der Waals surface area contributed by atoms with E-state index in [9.17, 15) is 4.79 Å². The third-order valence-electron chi connectivity index (χ3n) is 2.08. The van der Waals surface area contributed by atoms with Crippen LogP contribution in [0.3, 0.4) is 0 Å². The summed E-state index contributed by atoms with van der Waals surface area (Å²) >= 11 is 0. The fraction of sp³-hybridized carbons (Fsp3) is 0.857. The summed E-state index contributed by atoms with van der Waals surface area (Å²) < 4.78 is 4.77. The first-order valence-electron chi connectivity index (χ1n) is 4.01. The van der Waals surface area contributed by atoms with Gasteiger partial charge in [0, 0.05) is 6.42 Å². The number of aliphatic hydroxyl groups is 1. The number of nitrogens with zero attached hydrogens (tertiary/aromatic N) is 1. The van der Waals surface area contributed by atoms with Crippen LogP contribution in [-0.2, 0) is 14.4 Å². The zero-order valence-corrected chi connectivity index (χ0v) is 6.60. The smallest absolute Gasteiger partial charge is 0.325 e. The number of hydrogen-bond acceptors (Lipinski definition) is 5. The van der Waals surface area contributed by atoms with E-state index in [0.717, 1.165) is 0 Å². The van der Waals surface area contributed by atoms with Crippen molar-refractivity contribution >= 4 is 5.97 Å². The maximum Gasteiger partial charge on any atom is 0.325 e. The molecule has 0 aliphatic carbocycles. The second kappa shape index (κ2) is 3.01. The first-order valence-corrected chi connectivity index (χ1v) is 4.01. The molecule has 0 aromatic rings. The first-order chi connectivity index (χ1) is 5.77. The molecule has 0 spiro atoms. The third-order valence-corrected chi connectivity index (χ3v) is 2.08. The molecule has 0 aromatic carbocycles. The lowest BCUT2D eigenvalue weighted by molar-refractivity contribution is -0.167. The molecule has 2 fully saturated rings. The maximum atomic E-state index is 11.0. The molecule has 2 aliphatic heterocycles. The van der Waals surface area contributed by atoms with Gasteiger partial charge in [-0.2, -0.15) is 5.06 Å². The summed E-state index contributed by atoms with van der Waals surface area (Å²) in [5.41, 5.74) is 0. The lowest BCUT2D eigenvalue weighted by atomic mass is 10.2. The van der Waals surface area contributed by atoms with Crippen molar-refractivity contribution in [3.8, 4) is 0 Å². The van der Waals surface area contributed by atoms with Crippen LogP contribution in [-0.4, -0.2) is 48.0 Å². The maximum absolute atomic E-state index is 11.0. The van der Waals surface area contributed by atoms with E-state index in [1.165, 1.54) is 5.06 Å². The van der Waals surface area contributed by atoms with Gasteiger partial charge in [0.2, 0.25) is 0 Å².